The van der Waals surface area contributed by atoms with Crippen LogP contribution in [0, 0.1) is 5.41 Å². The quantitative estimate of drug-likeness (QED) is 0.894. The molecule has 2 fully saturated rings. The molecule has 1 spiro atoms. The fraction of sp³-hybridized carbons (Fsp3) is 0.625. The van der Waals surface area contributed by atoms with Crippen molar-refractivity contribution in [3.8, 4) is 5.75 Å². The van der Waals surface area contributed by atoms with E-state index in [-0.39, 0.29) is 6.04 Å². The lowest BCUT2D eigenvalue weighted by molar-refractivity contribution is 0.101. The fourth-order valence-electron chi connectivity index (χ4n) is 3.86. The summed E-state index contributed by atoms with van der Waals surface area (Å²) in [7, 11) is -1.40. The summed E-state index contributed by atoms with van der Waals surface area (Å²) in [5.41, 5.74) is 1.62. The molecule has 3 rings (SSSR count). The van der Waals surface area contributed by atoms with Crippen molar-refractivity contribution in [2.75, 3.05) is 26.5 Å². The van der Waals surface area contributed by atoms with Crippen LogP contribution in [0.1, 0.15) is 24.8 Å². The molecular weight excluding hydrogens is 300 g/mol. The molecule has 1 N–H and O–H groups in total. The number of hydrogen-bond acceptors (Lipinski definition) is 4. The number of benzene rings is 1. The van der Waals surface area contributed by atoms with Gasteiger partial charge in [-0.1, -0.05) is 12.1 Å². The highest BCUT2D eigenvalue weighted by Gasteiger charge is 2.48. The fourth-order valence-corrected chi connectivity index (χ4v) is 4.63. The summed E-state index contributed by atoms with van der Waals surface area (Å²) < 4.78 is 30.4. The van der Waals surface area contributed by atoms with Gasteiger partial charge in [-0.2, -0.15) is 0 Å². The van der Waals surface area contributed by atoms with Crippen molar-refractivity contribution in [1.29, 1.82) is 0 Å². The zero-order chi connectivity index (χ0) is 15.8. The molecule has 1 aromatic rings. The molecule has 6 heteroatoms. The first-order valence-electron chi connectivity index (χ1n) is 7.70. The highest BCUT2D eigenvalue weighted by Crippen LogP contribution is 2.48. The lowest BCUT2D eigenvalue weighted by Gasteiger charge is -2.45. The van der Waals surface area contributed by atoms with E-state index < -0.39 is 10.0 Å². The number of hydrogen-bond donors (Lipinski definition) is 1. The highest BCUT2D eigenvalue weighted by molar-refractivity contribution is 7.88. The third-order valence-electron chi connectivity index (χ3n) is 4.82. The van der Waals surface area contributed by atoms with Gasteiger partial charge in [-0.3, -0.25) is 4.90 Å². The number of sulfonamides is 1. The molecule has 0 aromatic heterocycles. The third-order valence-corrected chi connectivity index (χ3v) is 5.58. The molecule has 2 aliphatic rings. The molecule has 122 valence electrons. The van der Waals surface area contributed by atoms with E-state index in [0.717, 1.165) is 38.2 Å². The molecule has 5 nitrogen and oxygen atoms in total. The SMILES string of the molecule is COc1ccc(CN2CCC3(CC(NS(C)(=O)=O)C3)C2)cc1. The average molecular weight is 324 g/mol. The van der Waals surface area contributed by atoms with E-state index in [1.54, 1.807) is 7.11 Å². The van der Waals surface area contributed by atoms with Gasteiger partial charge in [-0.15, -0.1) is 0 Å². The lowest BCUT2D eigenvalue weighted by atomic mass is 9.65. The maximum atomic E-state index is 11.3. The zero-order valence-corrected chi connectivity index (χ0v) is 14.0. The van der Waals surface area contributed by atoms with Crippen molar-refractivity contribution >= 4 is 10.0 Å². The Labute approximate surface area is 132 Å². The van der Waals surface area contributed by atoms with E-state index in [1.165, 1.54) is 18.2 Å². The first kappa shape index (κ1) is 15.8. The van der Waals surface area contributed by atoms with Crippen LogP contribution in [0.4, 0.5) is 0 Å². The molecule has 0 atom stereocenters. The minimum absolute atomic E-state index is 0.135. The Hall–Kier alpha value is -1.11. The Morgan fingerprint density at radius 3 is 2.59 bits per heavy atom. The van der Waals surface area contributed by atoms with Gasteiger partial charge in [0.1, 0.15) is 5.75 Å². The molecular formula is C16H24N2O3S. The zero-order valence-electron chi connectivity index (χ0n) is 13.2. The van der Waals surface area contributed by atoms with Crippen LogP contribution in [0.5, 0.6) is 5.75 Å². The number of methoxy groups -OCH3 is 1. The van der Waals surface area contributed by atoms with Crippen LogP contribution >= 0.6 is 0 Å². The molecule has 0 bridgehead atoms. The maximum absolute atomic E-state index is 11.3. The monoisotopic (exact) mass is 324 g/mol. The van der Waals surface area contributed by atoms with Crippen LogP contribution in [-0.2, 0) is 16.6 Å². The average Bonchev–Trinajstić information content (AvgIpc) is 2.81. The van der Waals surface area contributed by atoms with Gasteiger partial charge in [0.2, 0.25) is 10.0 Å². The van der Waals surface area contributed by atoms with E-state index in [0.29, 0.717) is 5.41 Å². The van der Waals surface area contributed by atoms with Crippen molar-refractivity contribution in [1.82, 2.24) is 9.62 Å². The molecule has 1 aliphatic heterocycles. The first-order chi connectivity index (χ1) is 10.4. The summed E-state index contributed by atoms with van der Waals surface area (Å²) in [5, 5.41) is 0. The summed E-state index contributed by atoms with van der Waals surface area (Å²) in [6.45, 7) is 3.12. The molecule has 0 radical (unpaired) electrons. The van der Waals surface area contributed by atoms with Gasteiger partial charge in [0.05, 0.1) is 13.4 Å². The Balaban J connectivity index is 1.51. The van der Waals surface area contributed by atoms with Crippen LogP contribution < -0.4 is 9.46 Å². The smallest absolute Gasteiger partial charge is 0.208 e. The van der Waals surface area contributed by atoms with E-state index >= 15 is 0 Å². The summed E-state index contributed by atoms with van der Waals surface area (Å²) in [4.78, 5) is 2.47. The van der Waals surface area contributed by atoms with E-state index in [1.807, 2.05) is 12.1 Å². The second-order valence-electron chi connectivity index (χ2n) is 6.80. The van der Waals surface area contributed by atoms with Crippen LogP contribution in [0.3, 0.4) is 0 Å². The second kappa shape index (κ2) is 5.83. The van der Waals surface area contributed by atoms with E-state index in [4.69, 9.17) is 4.74 Å². The largest absolute Gasteiger partial charge is 0.497 e. The van der Waals surface area contributed by atoms with Crippen LogP contribution in [0.15, 0.2) is 24.3 Å². The second-order valence-corrected chi connectivity index (χ2v) is 8.58. The van der Waals surface area contributed by atoms with Crippen molar-refractivity contribution in [3.63, 3.8) is 0 Å². The number of nitrogens with zero attached hydrogens (tertiary/aromatic N) is 1. The number of likely N-dealkylation sites (tertiary alicyclic amines) is 1. The molecule has 1 saturated carbocycles. The Morgan fingerprint density at radius 2 is 2.00 bits per heavy atom. The number of nitrogens with one attached hydrogen (secondary N) is 1. The Bertz CT molecular complexity index is 621. The molecule has 1 saturated heterocycles. The minimum atomic E-state index is -3.07. The van der Waals surface area contributed by atoms with Gasteiger partial charge in [-0.25, -0.2) is 13.1 Å². The minimum Gasteiger partial charge on any atom is -0.497 e. The van der Waals surface area contributed by atoms with E-state index in [2.05, 4.69) is 21.8 Å². The number of ether oxygens (including phenoxy) is 1. The maximum Gasteiger partial charge on any atom is 0.208 e. The van der Waals surface area contributed by atoms with Crippen molar-refractivity contribution in [3.05, 3.63) is 29.8 Å². The molecule has 1 aromatic carbocycles. The first-order valence-corrected chi connectivity index (χ1v) is 9.59. The number of rotatable bonds is 5. The predicted molar refractivity (Wildman–Crippen MR) is 86.3 cm³/mol. The van der Waals surface area contributed by atoms with Crippen molar-refractivity contribution < 1.29 is 13.2 Å². The summed E-state index contributed by atoms with van der Waals surface area (Å²) in [6.07, 6.45) is 4.35. The third kappa shape index (κ3) is 3.62. The van der Waals surface area contributed by atoms with Gasteiger partial charge in [-0.05, 0) is 48.9 Å². The van der Waals surface area contributed by atoms with Gasteiger partial charge >= 0.3 is 0 Å². The molecule has 0 amide bonds. The van der Waals surface area contributed by atoms with Gasteiger partial charge in [0.25, 0.3) is 0 Å². The standard InChI is InChI=1S/C16H24N2O3S/c1-21-15-5-3-13(4-6-15)11-18-8-7-16(12-18)9-14(10-16)17-22(2,19)20/h3-6,14,17H,7-12H2,1-2H3. The predicted octanol–water partition coefficient (Wildman–Crippen LogP) is 1.60. The van der Waals surface area contributed by atoms with Gasteiger partial charge in [0, 0.05) is 19.1 Å². The Morgan fingerprint density at radius 1 is 1.32 bits per heavy atom. The highest BCUT2D eigenvalue weighted by atomic mass is 32.2. The molecule has 1 heterocycles. The van der Waals surface area contributed by atoms with Gasteiger partial charge < -0.3 is 4.74 Å². The van der Waals surface area contributed by atoms with E-state index in [9.17, 15) is 8.42 Å². The van der Waals surface area contributed by atoms with Crippen molar-refractivity contribution in [2.24, 2.45) is 5.41 Å². The summed E-state index contributed by atoms with van der Waals surface area (Å²) >= 11 is 0. The molecule has 1 aliphatic carbocycles. The molecule has 22 heavy (non-hydrogen) atoms. The lowest BCUT2D eigenvalue weighted by Crippen LogP contribution is -2.51. The summed E-state index contributed by atoms with van der Waals surface area (Å²) in [5.74, 6) is 0.885. The topological polar surface area (TPSA) is 58.6 Å². The van der Waals surface area contributed by atoms with Crippen LogP contribution in [0.25, 0.3) is 0 Å². The van der Waals surface area contributed by atoms with Crippen LogP contribution in [0.2, 0.25) is 0 Å². The van der Waals surface area contributed by atoms with Crippen LogP contribution in [-0.4, -0.2) is 45.8 Å². The molecule has 0 unspecified atom stereocenters. The van der Waals surface area contributed by atoms with Crippen molar-refractivity contribution in [2.45, 2.75) is 31.8 Å². The normalized spacial score (nSPS) is 28.7. The summed E-state index contributed by atoms with van der Waals surface area (Å²) in [6, 6.07) is 8.35. The Kier molecular flexibility index (Phi) is 4.18. The van der Waals surface area contributed by atoms with Gasteiger partial charge in [0.15, 0.2) is 0 Å².